The van der Waals surface area contributed by atoms with Crippen molar-refractivity contribution in [2.24, 2.45) is 5.41 Å². The molecule has 1 aliphatic heterocycles. The predicted octanol–water partition coefficient (Wildman–Crippen LogP) is 2.89. The Hall–Kier alpha value is -1.40. The van der Waals surface area contributed by atoms with E-state index in [1.807, 2.05) is 17.5 Å². The first kappa shape index (κ1) is 17.9. The number of carbonyl (C=O) groups is 2. The van der Waals surface area contributed by atoms with Gasteiger partial charge < -0.3 is 10.4 Å². The fourth-order valence-electron chi connectivity index (χ4n) is 3.02. The Morgan fingerprint density at radius 3 is 2.74 bits per heavy atom. The van der Waals surface area contributed by atoms with Crippen molar-refractivity contribution in [2.75, 3.05) is 13.1 Å². The minimum absolute atomic E-state index is 0.0666. The van der Waals surface area contributed by atoms with E-state index in [2.05, 4.69) is 26.1 Å². The van der Waals surface area contributed by atoms with Crippen molar-refractivity contribution < 1.29 is 14.7 Å². The number of amides is 1. The third kappa shape index (κ3) is 4.78. The molecule has 5 nitrogen and oxygen atoms in total. The molecule has 128 valence electrons. The molecule has 0 saturated carbocycles. The lowest BCUT2D eigenvalue weighted by molar-refractivity contribution is -0.145. The molecule has 6 heteroatoms. The highest BCUT2D eigenvalue weighted by atomic mass is 32.1. The number of aliphatic carboxylic acids is 1. The maximum Gasteiger partial charge on any atom is 0.320 e. The third-order valence-corrected chi connectivity index (χ3v) is 5.18. The number of hydrogen-bond donors (Lipinski definition) is 2. The van der Waals surface area contributed by atoms with Crippen LogP contribution in [0.2, 0.25) is 0 Å². The number of carboxylic acids is 1. The Bertz CT molecular complexity index is 537. The molecule has 23 heavy (non-hydrogen) atoms. The number of thiophene rings is 1. The van der Waals surface area contributed by atoms with Crippen LogP contribution in [0, 0.1) is 5.41 Å². The van der Waals surface area contributed by atoms with Crippen molar-refractivity contribution in [2.45, 2.75) is 52.1 Å². The molecular formula is C17H26N2O3S. The molecule has 0 aliphatic carbocycles. The fraction of sp³-hybridized carbons (Fsp3) is 0.647. The molecule has 1 aromatic rings. The Morgan fingerprint density at radius 1 is 1.43 bits per heavy atom. The van der Waals surface area contributed by atoms with E-state index >= 15 is 0 Å². The number of carbonyl (C=O) groups excluding carboxylic acids is 1. The second-order valence-corrected chi connectivity index (χ2v) is 8.18. The maximum absolute atomic E-state index is 12.5. The van der Waals surface area contributed by atoms with Crippen molar-refractivity contribution in [3.8, 4) is 0 Å². The molecule has 1 saturated heterocycles. The topological polar surface area (TPSA) is 69.6 Å². The Morgan fingerprint density at radius 2 is 2.17 bits per heavy atom. The highest BCUT2D eigenvalue weighted by Crippen LogP contribution is 2.35. The predicted molar refractivity (Wildman–Crippen MR) is 91.5 cm³/mol. The number of piperidine rings is 1. The smallest absolute Gasteiger partial charge is 0.320 e. The SMILES string of the molecule is CC(C)(C)C(NC(=O)CN1CCCCC1C(=O)O)c1cccs1. The summed E-state index contributed by atoms with van der Waals surface area (Å²) < 4.78 is 0. The third-order valence-electron chi connectivity index (χ3n) is 4.24. The van der Waals surface area contributed by atoms with Crippen molar-refractivity contribution in [1.82, 2.24) is 10.2 Å². The zero-order valence-corrected chi connectivity index (χ0v) is 14.9. The second-order valence-electron chi connectivity index (χ2n) is 7.20. The average molecular weight is 338 g/mol. The van der Waals surface area contributed by atoms with Gasteiger partial charge in [0.05, 0.1) is 12.6 Å². The van der Waals surface area contributed by atoms with Gasteiger partial charge in [-0.2, -0.15) is 0 Å². The number of likely N-dealkylation sites (tertiary alicyclic amines) is 1. The molecule has 2 N–H and O–H groups in total. The summed E-state index contributed by atoms with van der Waals surface area (Å²) in [5, 5.41) is 14.4. The normalized spacial score (nSPS) is 20.9. The summed E-state index contributed by atoms with van der Waals surface area (Å²) >= 11 is 1.63. The monoisotopic (exact) mass is 338 g/mol. The molecule has 1 aromatic heterocycles. The lowest BCUT2D eigenvalue weighted by Crippen LogP contribution is -2.50. The minimum Gasteiger partial charge on any atom is -0.480 e. The Kier molecular flexibility index (Phi) is 5.81. The van der Waals surface area contributed by atoms with Gasteiger partial charge in [-0.3, -0.25) is 14.5 Å². The number of nitrogens with zero attached hydrogens (tertiary/aromatic N) is 1. The Balaban J connectivity index is 2.03. The largest absolute Gasteiger partial charge is 0.480 e. The average Bonchev–Trinajstić information content (AvgIpc) is 2.97. The van der Waals surface area contributed by atoms with Crippen molar-refractivity contribution in [3.05, 3.63) is 22.4 Å². The van der Waals surface area contributed by atoms with Gasteiger partial charge in [0.15, 0.2) is 0 Å². The summed E-state index contributed by atoms with van der Waals surface area (Å²) in [6.45, 7) is 7.11. The first-order chi connectivity index (χ1) is 10.8. The van der Waals surface area contributed by atoms with E-state index < -0.39 is 12.0 Å². The lowest BCUT2D eigenvalue weighted by atomic mass is 9.85. The molecule has 0 spiro atoms. The molecule has 2 unspecified atom stereocenters. The number of rotatable bonds is 5. The summed E-state index contributed by atoms with van der Waals surface area (Å²) in [6, 6.07) is 3.41. The molecule has 2 rings (SSSR count). The standard InChI is InChI=1S/C17H26N2O3S/c1-17(2,3)15(13-8-6-10-23-13)18-14(20)11-19-9-5-4-7-12(19)16(21)22/h6,8,10,12,15H,4-5,7,9,11H2,1-3H3,(H,18,20)(H,21,22). The number of nitrogens with one attached hydrogen (secondary N) is 1. The molecule has 2 heterocycles. The van der Waals surface area contributed by atoms with Gasteiger partial charge in [-0.05, 0) is 36.2 Å². The zero-order chi connectivity index (χ0) is 17.0. The molecule has 1 amide bonds. The van der Waals surface area contributed by atoms with Crippen LogP contribution in [0.4, 0.5) is 0 Å². The molecule has 1 aliphatic rings. The molecule has 0 radical (unpaired) electrons. The fourth-order valence-corrected chi connectivity index (χ4v) is 4.04. The highest BCUT2D eigenvalue weighted by molar-refractivity contribution is 7.10. The number of hydrogen-bond acceptors (Lipinski definition) is 4. The van der Waals surface area contributed by atoms with Crippen molar-refractivity contribution >= 4 is 23.2 Å². The van der Waals surface area contributed by atoms with Crippen LogP contribution in [-0.2, 0) is 9.59 Å². The van der Waals surface area contributed by atoms with Crippen molar-refractivity contribution in [3.63, 3.8) is 0 Å². The van der Waals surface area contributed by atoms with Gasteiger partial charge in [0.25, 0.3) is 0 Å². The summed E-state index contributed by atoms with van der Waals surface area (Å²) in [5.41, 5.74) is -0.103. The van der Waals surface area contributed by atoms with Crippen LogP contribution < -0.4 is 5.32 Å². The first-order valence-electron chi connectivity index (χ1n) is 8.08. The van der Waals surface area contributed by atoms with Crippen molar-refractivity contribution in [1.29, 1.82) is 0 Å². The van der Waals surface area contributed by atoms with Gasteiger partial charge in [0.2, 0.25) is 5.91 Å². The van der Waals surface area contributed by atoms with Crippen LogP contribution >= 0.6 is 11.3 Å². The van der Waals surface area contributed by atoms with Gasteiger partial charge in [-0.15, -0.1) is 11.3 Å². The minimum atomic E-state index is -0.830. The van der Waals surface area contributed by atoms with Gasteiger partial charge in [-0.25, -0.2) is 0 Å². The van der Waals surface area contributed by atoms with E-state index in [1.165, 1.54) is 0 Å². The van der Waals surface area contributed by atoms with Crippen LogP contribution in [0.25, 0.3) is 0 Å². The molecule has 1 fully saturated rings. The van der Waals surface area contributed by atoms with Crippen LogP contribution in [0.5, 0.6) is 0 Å². The van der Waals surface area contributed by atoms with Gasteiger partial charge in [0, 0.05) is 4.88 Å². The van der Waals surface area contributed by atoms with Gasteiger partial charge in [-0.1, -0.05) is 33.3 Å². The van der Waals surface area contributed by atoms with Crippen LogP contribution in [0.1, 0.15) is 51.0 Å². The van der Waals surface area contributed by atoms with Gasteiger partial charge in [0.1, 0.15) is 6.04 Å². The molecular weight excluding hydrogens is 312 g/mol. The summed E-state index contributed by atoms with van der Waals surface area (Å²) in [7, 11) is 0. The van der Waals surface area contributed by atoms with E-state index in [0.29, 0.717) is 13.0 Å². The highest BCUT2D eigenvalue weighted by Gasteiger charge is 2.32. The van der Waals surface area contributed by atoms with Gasteiger partial charge >= 0.3 is 5.97 Å². The van der Waals surface area contributed by atoms with E-state index in [1.54, 1.807) is 16.2 Å². The van der Waals surface area contributed by atoms with E-state index in [-0.39, 0.29) is 23.9 Å². The summed E-state index contributed by atoms with van der Waals surface area (Å²) in [6.07, 6.45) is 2.48. The van der Waals surface area contributed by atoms with Crippen LogP contribution in [-0.4, -0.2) is 41.0 Å². The van der Waals surface area contributed by atoms with Crippen LogP contribution in [0.15, 0.2) is 17.5 Å². The summed E-state index contributed by atoms with van der Waals surface area (Å²) in [4.78, 5) is 26.7. The molecule has 0 bridgehead atoms. The Labute approximate surface area is 141 Å². The second kappa shape index (κ2) is 7.45. The van der Waals surface area contributed by atoms with E-state index in [4.69, 9.17) is 0 Å². The lowest BCUT2D eigenvalue weighted by Gasteiger charge is -2.34. The van der Waals surface area contributed by atoms with E-state index in [0.717, 1.165) is 17.7 Å². The first-order valence-corrected chi connectivity index (χ1v) is 8.96. The number of carboxylic acid groups (broad SMARTS) is 1. The summed E-state index contributed by atoms with van der Waals surface area (Å²) in [5.74, 6) is -0.936. The molecule has 2 atom stereocenters. The zero-order valence-electron chi connectivity index (χ0n) is 14.0. The quantitative estimate of drug-likeness (QED) is 0.866. The van der Waals surface area contributed by atoms with Crippen LogP contribution in [0.3, 0.4) is 0 Å². The maximum atomic E-state index is 12.5. The van der Waals surface area contributed by atoms with E-state index in [9.17, 15) is 14.7 Å². The molecule has 0 aromatic carbocycles.